The minimum Gasteiger partial charge on any atom is -0.389 e. The number of thiocarbonyl (C=S) groups is 1. The number of benzene rings is 2. The zero-order valence-electron chi connectivity index (χ0n) is 9.89. The van der Waals surface area contributed by atoms with Gasteiger partial charge in [0, 0.05) is 21.8 Å². The van der Waals surface area contributed by atoms with Crippen LogP contribution in [-0.2, 0) is 0 Å². The van der Waals surface area contributed by atoms with Crippen molar-refractivity contribution < 1.29 is 4.79 Å². The van der Waals surface area contributed by atoms with Gasteiger partial charge in [0.25, 0.3) is 5.91 Å². The van der Waals surface area contributed by atoms with Gasteiger partial charge in [-0.15, -0.1) is 0 Å². The van der Waals surface area contributed by atoms with Crippen molar-refractivity contribution in [2.24, 2.45) is 5.73 Å². The van der Waals surface area contributed by atoms with E-state index in [1.54, 1.807) is 48.5 Å². The van der Waals surface area contributed by atoms with Crippen LogP contribution in [0.2, 0.25) is 5.02 Å². The van der Waals surface area contributed by atoms with Gasteiger partial charge in [-0.3, -0.25) is 4.79 Å². The van der Waals surface area contributed by atoms with Crippen LogP contribution in [0.25, 0.3) is 0 Å². The second-order valence-electron chi connectivity index (χ2n) is 3.90. The maximum Gasteiger partial charge on any atom is 0.255 e. The minimum absolute atomic E-state index is 0.197. The first kappa shape index (κ1) is 13.5. The molecule has 0 aliphatic heterocycles. The lowest BCUT2D eigenvalue weighted by Crippen LogP contribution is -2.13. The molecule has 2 aromatic carbocycles. The van der Waals surface area contributed by atoms with Gasteiger partial charge >= 0.3 is 0 Å². The Kier molecular flexibility index (Phi) is 4.14. The van der Waals surface area contributed by atoms with Crippen LogP contribution < -0.4 is 11.1 Å². The molecule has 96 valence electrons. The molecule has 0 fully saturated rings. The highest BCUT2D eigenvalue weighted by Gasteiger charge is 2.06. The van der Waals surface area contributed by atoms with E-state index in [1.165, 1.54) is 0 Å². The van der Waals surface area contributed by atoms with Crippen molar-refractivity contribution in [3.05, 3.63) is 64.7 Å². The fraction of sp³-hybridized carbons (Fsp3) is 0. The molecule has 2 aromatic rings. The Morgan fingerprint density at radius 2 is 1.53 bits per heavy atom. The summed E-state index contributed by atoms with van der Waals surface area (Å²) in [5.74, 6) is -0.197. The molecule has 0 saturated heterocycles. The molecule has 2 rings (SSSR count). The van der Waals surface area contributed by atoms with Gasteiger partial charge in [-0.1, -0.05) is 36.0 Å². The number of halogens is 1. The first-order valence-corrected chi connectivity index (χ1v) is 6.31. The third kappa shape index (κ3) is 3.53. The highest BCUT2D eigenvalue weighted by molar-refractivity contribution is 7.80. The lowest BCUT2D eigenvalue weighted by molar-refractivity contribution is 0.102. The van der Waals surface area contributed by atoms with Crippen LogP contribution in [0.1, 0.15) is 15.9 Å². The van der Waals surface area contributed by atoms with Crippen LogP contribution in [0.5, 0.6) is 0 Å². The molecule has 19 heavy (non-hydrogen) atoms. The largest absolute Gasteiger partial charge is 0.389 e. The molecule has 0 aliphatic rings. The highest BCUT2D eigenvalue weighted by atomic mass is 35.5. The van der Waals surface area contributed by atoms with Crippen LogP contribution in [0.15, 0.2) is 48.5 Å². The minimum atomic E-state index is -0.197. The zero-order valence-corrected chi connectivity index (χ0v) is 11.5. The van der Waals surface area contributed by atoms with Gasteiger partial charge in [-0.2, -0.15) is 0 Å². The molecule has 5 heteroatoms. The number of carbonyl (C=O) groups excluding carboxylic acids is 1. The van der Waals surface area contributed by atoms with Crippen molar-refractivity contribution in [1.29, 1.82) is 0 Å². The van der Waals surface area contributed by atoms with Gasteiger partial charge in [0.1, 0.15) is 4.99 Å². The van der Waals surface area contributed by atoms with Gasteiger partial charge in [-0.25, -0.2) is 0 Å². The fourth-order valence-electron chi connectivity index (χ4n) is 1.52. The van der Waals surface area contributed by atoms with Gasteiger partial charge in [-0.05, 0) is 36.4 Å². The standard InChI is InChI=1S/C14H11ClN2OS/c15-11-5-7-12(8-6-11)17-14(18)10-3-1-9(2-4-10)13(16)19/h1-8H,(H2,16,19)(H,17,18). The Bertz CT molecular complexity index is 608. The van der Waals surface area contributed by atoms with E-state index in [1.807, 2.05) is 0 Å². The van der Waals surface area contributed by atoms with Gasteiger partial charge < -0.3 is 11.1 Å². The smallest absolute Gasteiger partial charge is 0.255 e. The summed E-state index contributed by atoms with van der Waals surface area (Å²) in [4.78, 5) is 12.3. The summed E-state index contributed by atoms with van der Waals surface area (Å²) in [6.45, 7) is 0. The molecule has 3 nitrogen and oxygen atoms in total. The Balaban J connectivity index is 2.11. The molecule has 3 N–H and O–H groups in total. The molecule has 0 radical (unpaired) electrons. The molecule has 0 spiro atoms. The fourth-order valence-corrected chi connectivity index (χ4v) is 1.78. The number of hydrogen-bond donors (Lipinski definition) is 2. The molecule has 0 bridgehead atoms. The third-order valence-corrected chi connectivity index (χ3v) is 3.02. The number of anilines is 1. The number of nitrogens with two attached hydrogens (primary N) is 1. The molecule has 0 unspecified atom stereocenters. The van der Waals surface area contributed by atoms with Crippen molar-refractivity contribution in [3.63, 3.8) is 0 Å². The summed E-state index contributed by atoms with van der Waals surface area (Å²) in [6, 6.07) is 13.7. The summed E-state index contributed by atoms with van der Waals surface area (Å²) < 4.78 is 0. The van der Waals surface area contributed by atoms with Crippen LogP contribution in [0.3, 0.4) is 0 Å². The Hall–Kier alpha value is -1.91. The normalized spacial score (nSPS) is 9.95. The monoisotopic (exact) mass is 290 g/mol. The van der Waals surface area contributed by atoms with Crippen molar-refractivity contribution >= 4 is 40.4 Å². The summed E-state index contributed by atoms with van der Waals surface area (Å²) in [7, 11) is 0. The maximum absolute atomic E-state index is 12.0. The van der Waals surface area contributed by atoms with Crippen LogP contribution >= 0.6 is 23.8 Å². The molecular weight excluding hydrogens is 280 g/mol. The lowest BCUT2D eigenvalue weighted by atomic mass is 10.1. The van der Waals surface area contributed by atoms with Gasteiger partial charge in [0.15, 0.2) is 0 Å². The number of nitrogens with one attached hydrogen (secondary N) is 1. The molecule has 0 aliphatic carbocycles. The van der Waals surface area contributed by atoms with Gasteiger partial charge in [0.05, 0.1) is 0 Å². The second kappa shape index (κ2) is 5.82. The first-order valence-electron chi connectivity index (χ1n) is 5.53. The Morgan fingerprint density at radius 3 is 2.05 bits per heavy atom. The van der Waals surface area contributed by atoms with Crippen molar-refractivity contribution in [3.8, 4) is 0 Å². The SMILES string of the molecule is NC(=S)c1ccc(C(=O)Nc2ccc(Cl)cc2)cc1. The average Bonchev–Trinajstić information content (AvgIpc) is 2.41. The molecule has 0 aromatic heterocycles. The van der Waals surface area contributed by atoms with Gasteiger partial charge in [0.2, 0.25) is 0 Å². The van der Waals surface area contributed by atoms with Crippen molar-refractivity contribution in [2.45, 2.75) is 0 Å². The lowest BCUT2D eigenvalue weighted by Gasteiger charge is -2.06. The molecule has 0 heterocycles. The van der Waals surface area contributed by atoms with Crippen LogP contribution in [0, 0.1) is 0 Å². The maximum atomic E-state index is 12.0. The molecule has 0 saturated carbocycles. The number of hydrogen-bond acceptors (Lipinski definition) is 2. The highest BCUT2D eigenvalue weighted by Crippen LogP contribution is 2.14. The second-order valence-corrected chi connectivity index (χ2v) is 4.78. The molecular formula is C14H11ClN2OS. The van der Waals surface area contributed by atoms with E-state index in [0.717, 1.165) is 5.56 Å². The predicted molar refractivity (Wildman–Crippen MR) is 81.7 cm³/mol. The summed E-state index contributed by atoms with van der Waals surface area (Å²) in [5.41, 5.74) is 7.46. The molecule has 0 atom stereocenters. The van der Waals surface area contributed by atoms with E-state index >= 15 is 0 Å². The summed E-state index contributed by atoms with van der Waals surface area (Å²) in [5, 5.41) is 3.40. The van der Waals surface area contributed by atoms with E-state index in [0.29, 0.717) is 21.3 Å². The number of amides is 1. The predicted octanol–water partition coefficient (Wildman–Crippen LogP) is 3.23. The van der Waals surface area contributed by atoms with E-state index in [4.69, 9.17) is 29.6 Å². The van der Waals surface area contributed by atoms with E-state index in [2.05, 4.69) is 5.32 Å². The van der Waals surface area contributed by atoms with E-state index < -0.39 is 0 Å². The van der Waals surface area contributed by atoms with Crippen LogP contribution in [0.4, 0.5) is 5.69 Å². The number of carbonyl (C=O) groups is 1. The van der Waals surface area contributed by atoms with Crippen molar-refractivity contribution in [2.75, 3.05) is 5.32 Å². The van der Waals surface area contributed by atoms with Crippen molar-refractivity contribution in [1.82, 2.24) is 0 Å². The number of rotatable bonds is 3. The van der Waals surface area contributed by atoms with E-state index in [9.17, 15) is 4.79 Å². The molecule has 1 amide bonds. The Labute approximate surface area is 121 Å². The summed E-state index contributed by atoms with van der Waals surface area (Å²) in [6.07, 6.45) is 0. The zero-order chi connectivity index (χ0) is 13.8. The average molecular weight is 291 g/mol. The van der Waals surface area contributed by atoms with Crippen LogP contribution in [-0.4, -0.2) is 10.9 Å². The summed E-state index contributed by atoms with van der Waals surface area (Å²) >= 11 is 10.6. The van der Waals surface area contributed by atoms with E-state index in [-0.39, 0.29) is 5.91 Å². The topological polar surface area (TPSA) is 55.1 Å². The third-order valence-electron chi connectivity index (χ3n) is 2.53. The first-order chi connectivity index (χ1) is 9.06. The Morgan fingerprint density at radius 1 is 1.00 bits per heavy atom. The quantitative estimate of drug-likeness (QED) is 0.853.